The van der Waals surface area contributed by atoms with Crippen molar-refractivity contribution >= 4 is 28.8 Å². The Hall–Kier alpha value is -2.54. The molecule has 124 valence electrons. The lowest BCUT2D eigenvalue weighted by Gasteiger charge is -2.05. The largest absolute Gasteiger partial charge is 0.442 e. The van der Waals surface area contributed by atoms with Gasteiger partial charge in [0.15, 0.2) is 0 Å². The molecule has 2 N–H and O–H groups in total. The normalized spacial score (nSPS) is 10.9. The highest BCUT2D eigenvalue weighted by atomic mass is 32.2. The SMILES string of the molecule is CSc1ccc(CCNC(=O)c2c(C)oc3nc[nH]c(=O)c23)cc1. The number of carbonyl (C=O) groups is 1. The zero-order valence-corrected chi connectivity index (χ0v) is 14.2. The van der Waals surface area contributed by atoms with Crippen LogP contribution in [0, 0.1) is 6.92 Å². The summed E-state index contributed by atoms with van der Waals surface area (Å²) in [6, 6.07) is 8.21. The summed E-state index contributed by atoms with van der Waals surface area (Å²) >= 11 is 1.69. The first-order chi connectivity index (χ1) is 11.6. The first-order valence-electron chi connectivity index (χ1n) is 7.48. The molecule has 0 fully saturated rings. The van der Waals surface area contributed by atoms with Crippen molar-refractivity contribution in [3.63, 3.8) is 0 Å². The van der Waals surface area contributed by atoms with Crippen molar-refractivity contribution in [3.05, 3.63) is 57.8 Å². The lowest BCUT2D eigenvalue weighted by atomic mass is 10.1. The molecule has 1 aromatic carbocycles. The van der Waals surface area contributed by atoms with Crippen LogP contribution in [0.5, 0.6) is 0 Å². The van der Waals surface area contributed by atoms with E-state index in [1.54, 1.807) is 18.7 Å². The number of nitrogens with one attached hydrogen (secondary N) is 2. The molecule has 2 aromatic heterocycles. The van der Waals surface area contributed by atoms with E-state index in [4.69, 9.17) is 4.42 Å². The monoisotopic (exact) mass is 343 g/mol. The summed E-state index contributed by atoms with van der Waals surface area (Å²) in [4.78, 5) is 32.0. The third-order valence-electron chi connectivity index (χ3n) is 3.76. The molecule has 0 saturated carbocycles. The van der Waals surface area contributed by atoms with Gasteiger partial charge in [-0.2, -0.15) is 0 Å². The second-order valence-electron chi connectivity index (χ2n) is 5.30. The Morgan fingerprint density at radius 1 is 1.33 bits per heavy atom. The number of fused-ring (bicyclic) bond motifs is 1. The molecule has 6 nitrogen and oxygen atoms in total. The summed E-state index contributed by atoms with van der Waals surface area (Å²) in [5, 5.41) is 3.03. The molecule has 0 spiro atoms. The van der Waals surface area contributed by atoms with Crippen LogP contribution in [0.3, 0.4) is 0 Å². The highest BCUT2D eigenvalue weighted by molar-refractivity contribution is 7.98. The fourth-order valence-corrected chi connectivity index (χ4v) is 2.94. The summed E-state index contributed by atoms with van der Waals surface area (Å²) in [7, 11) is 0. The molecule has 7 heteroatoms. The Labute approximate surface area is 142 Å². The van der Waals surface area contributed by atoms with E-state index in [9.17, 15) is 9.59 Å². The number of rotatable bonds is 5. The van der Waals surface area contributed by atoms with Gasteiger partial charge in [-0.3, -0.25) is 9.59 Å². The number of nitrogens with zero attached hydrogens (tertiary/aromatic N) is 1. The highest BCUT2D eigenvalue weighted by Gasteiger charge is 2.21. The number of benzene rings is 1. The highest BCUT2D eigenvalue weighted by Crippen LogP contribution is 2.20. The zero-order valence-electron chi connectivity index (χ0n) is 13.4. The molecule has 0 saturated heterocycles. The topological polar surface area (TPSA) is 88.0 Å². The predicted octanol–water partition coefficient (Wildman–Crippen LogP) is 2.52. The summed E-state index contributed by atoms with van der Waals surface area (Å²) in [5.41, 5.74) is 1.18. The number of thioether (sulfide) groups is 1. The van der Waals surface area contributed by atoms with Crippen LogP contribution in [0.2, 0.25) is 0 Å². The molecule has 0 aliphatic rings. The standard InChI is InChI=1S/C17H17N3O3S/c1-10-13(14-16(22)19-9-20-17(14)23-10)15(21)18-8-7-11-3-5-12(24-2)6-4-11/h3-6,9H,7-8H2,1-2H3,(H,18,21)(H,19,20,22). The van der Waals surface area contributed by atoms with E-state index in [2.05, 4.69) is 27.4 Å². The van der Waals surface area contributed by atoms with E-state index in [0.29, 0.717) is 18.7 Å². The van der Waals surface area contributed by atoms with E-state index < -0.39 is 0 Å². The number of hydrogen-bond acceptors (Lipinski definition) is 5. The Bertz CT molecular complexity index is 928. The van der Waals surface area contributed by atoms with Crippen LogP contribution in [0.1, 0.15) is 21.7 Å². The number of aromatic amines is 1. The average molecular weight is 343 g/mol. The number of aryl methyl sites for hydroxylation is 1. The molecule has 0 unspecified atom stereocenters. The molecule has 24 heavy (non-hydrogen) atoms. The van der Waals surface area contributed by atoms with Crippen molar-refractivity contribution in [1.29, 1.82) is 0 Å². The van der Waals surface area contributed by atoms with E-state index >= 15 is 0 Å². The molecule has 0 aliphatic heterocycles. The van der Waals surface area contributed by atoms with Gasteiger partial charge in [0, 0.05) is 11.4 Å². The smallest absolute Gasteiger partial charge is 0.262 e. The maximum atomic E-state index is 12.4. The van der Waals surface area contributed by atoms with Gasteiger partial charge in [-0.15, -0.1) is 11.8 Å². The molecule has 0 bridgehead atoms. The van der Waals surface area contributed by atoms with Gasteiger partial charge in [0.2, 0.25) is 5.71 Å². The molecule has 0 radical (unpaired) electrons. The molecule has 0 aliphatic carbocycles. The first-order valence-corrected chi connectivity index (χ1v) is 8.70. The number of H-pyrrole nitrogens is 1. The van der Waals surface area contributed by atoms with Gasteiger partial charge in [0.05, 0.1) is 11.9 Å². The molecular formula is C17H17N3O3S. The van der Waals surface area contributed by atoms with Crippen molar-refractivity contribution < 1.29 is 9.21 Å². The van der Waals surface area contributed by atoms with Crippen molar-refractivity contribution in [1.82, 2.24) is 15.3 Å². The number of carbonyl (C=O) groups excluding carboxylic acids is 1. The molecule has 3 aromatic rings. The summed E-state index contributed by atoms with van der Waals surface area (Å²) in [5.74, 6) is 0.0570. The van der Waals surface area contributed by atoms with E-state index in [1.165, 1.54) is 11.2 Å². The minimum absolute atomic E-state index is 0.175. The second-order valence-corrected chi connectivity index (χ2v) is 6.18. The quantitative estimate of drug-likeness (QED) is 0.695. The average Bonchev–Trinajstić information content (AvgIpc) is 2.93. The van der Waals surface area contributed by atoms with Crippen LogP contribution < -0.4 is 10.9 Å². The van der Waals surface area contributed by atoms with E-state index in [-0.39, 0.29) is 28.1 Å². The lowest BCUT2D eigenvalue weighted by Crippen LogP contribution is -2.27. The molecule has 2 heterocycles. The molecule has 1 amide bonds. The van der Waals surface area contributed by atoms with E-state index in [0.717, 1.165) is 5.56 Å². The van der Waals surface area contributed by atoms with Gasteiger partial charge in [0.25, 0.3) is 11.5 Å². The summed E-state index contributed by atoms with van der Waals surface area (Å²) < 4.78 is 5.40. The third-order valence-corrected chi connectivity index (χ3v) is 4.50. The van der Waals surface area contributed by atoms with Crippen LogP contribution in [0.15, 0.2) is 44.7 Å². The number of hydrogen-bond donors (Lipinski definition) is 2. The van der Waals surface area contributed by atoms with Gasteiger partial charge in [-0.25, -0.2) is 4.98 Å². The van der Waals surface area contributed by atoms with E-state index in [1.807, 2.05) is 18.4 Å². The van der Waals surface area contributed by atoms with Crippen LogP contribution in [-0.4, -0.2) is 28.7 Å². The molecular weight excluding hydrogens is 326 g/mol. The first kappa shape index (κ1) is 16.3. The fraction of sp³-hybridized carbons (Fsp3) is 0.235. The van der Waals surface area contributed by atoms with Crippen LogP contribution in [0.4, 0.5) is 0 Å². The van der Waals surface area contributed by atoms with Crippen molar-refractivity contribution in [3.8, 4) is 0 Å². The number of aromatic nitrogens is 2. The molecule has 0 atom stereocenters. The van der Waals surface area contributed by atoms with Crippen LogP contribution >= 0.6 is 11.8 Å². The zero-order chi connectivity index (χ0) is 17.1. The third kappa shape index (κ3) is 3.21. The van der Waals surface area contributed by atoms with Crippen molar-refractivity contribution in [2.45, 2.75) is 18.2 Å². The van der Waals surface area contributed by atoms with Gasteiger partial charge in [-0.1, -0.05) is 12.1 Å². The molecule has 3 rings (SSSR count). The Morgan fingerprint density at radius 3 is 2.79 bits per heavy atom. The van der Waals surface area contributed by atoms with Crippen LogP contribution in [0.25, 0.3) is 11.1 Å². The van der Waals surface area contributed by atoms with Crippen molar-refractivity contribution in [2.75, 3.05) is 12.8 Å². The predicted molar refractivity (Wildman–Crippen MR) is 93.6 cm³/mol. The Morgan fingerprint density at radius 2 is 2.08 bits per heavy atom. The second kappa shape index (κ2) is 6.92. The van der Waals surface area contributed by atoms with Gasteiger partial charge < -0.3 is 14.7 Å². The van der Waals surface area contributed by atoms with Gasteiger partial charge in [-0.05, 0) is 37.3 Å². The van der Waals surface area contributed by atoms with Crippen LogP contribution in [-0.2, 0) is 6.42 Å². The lowest BCUT2D eigenvalue weighted by molar-refractivity contribution is 0.0954. The Kier molecular flexibility index (Phi) is 4.71. The number of amides is 1. The van der Waals surface area contributed by atoms with Gasteiger partial charge in [0.1, 0.15) is 11.1 Å². The minimum Gasteiger partial charge on any atom is -0.442 e. The summed E-state index contributed by atoms with van der Waals surface area (Å²) in [6.45, 7) is 2.12. The summed E-state index contributed by atoms with van der Waals surface area (Å²) in [6.07, 6.45) is 4.00. The number of furan rings is 1. The van der Waals surface area contributed by atoms with Gasteiger partial charge >= 0.3 is 0 Å². The maximum absolute atomic E-state index is 12.4. The minimum atomic E-state index is -0.380. The maximum Gasteiger partial charge on any atom is 0.262 e. The fourth-order valence-electron chi connectivity index (χ4n) is 2.53. The Balaban J connectivity index is 1.71. The van der Waals surface area contributed by atoms with Crippen molar-refractivity contribution in [2.24, 2.45) is 0 Å².